The lowest BCUT2D eigenvalue weighted by atomic mass is 9.99. The first kappa shape index (κ1) is 21.1. The fourth-order valence-electron chi connectivity index (χ4n) is 3.98. The molecule has 2 aromatic carbocycles. The van der Waals surface area contributed by atoms with Gasteiger partial charge in [0.2, 0.25) is 0 Å². The Morgan fingerprint density at radius 1 is 1.03 bits per heavy atom. The normalized spacial score (nSPS) is 15.2. The average Bonchev–Trinajstić information content (AvgIpc) is 3.28. The Morgan fingerprint density at radius 3 is 2.52 bits per heavy atom. The zero-order chi connectivity index (χ0) is 21.8. The molecule has 4 rings (SSSR count). The molecule has 0 spiro atoms. The lowest BCUT2D eigenvalue weighted by Gasteiger charge is -2.39. The van der Waals surface area contributed by atoms with Crippen LogP contribution in [-0.2, 0) is 6.54 Å². The van der Waals surface area contributed by atoms with E-state index in [-0.39, 0.29) is 6.04 Å². The molecule has 6 nitrogen and oxygen atoms in total. The minimum Gasteiger partial charge on any atom is -0.497 e. The van der Waals surface area contributed by atoms with Gasteiger partial charge in [-0.05, 0) is 73.7 Å². The Bertz CT molecular complexity index is 1050. The van der Waals surface area contributed by atoms with Gasteiger partial charge >= 0.3 is 0 Å². The molecular weight excluding hydrogens is 410 g/mol. The Kier molecular flexibility index (Phi) is 6.32. The maximum Gasteiger partial charge on any atom is 0.174 e. The van der Waals surface area contributed by atoms with Crippen molar-refractivity contribution in [1.29, 1.82) is 0 Å². The summed E-state index contributed by atoms with van der Waals surface area (Å²) in [4.78, 5) is 2.21. The molecule has 1 aromatic heterocycles. The van der Waals surface area contributed by atoms with Crippen LogP contribution >= 0.6 is 12.2 Å². The SMILES string of the molecule is CCOc1ccc(NC(=S)N2CCn3cccc3C2c2cc(OC)ccc2OC)cc1. The first-order valence-electron chi connectivity index (χ1n) is 10.3. The van der Waals surface area contributed by atoms with E-state index in [0.717, 1.165) is 47.3 Å². The van der Waals surface area contributed by atoms with Crippen molar-refractivity contribution in [2.24, 2.45) is 0 Å². The molecule has 0 fully saturated rings. The van der Waals surface area contributed by atoms with Crippen molar-refractivity contribution in [2.45, 2.75) is 19.5 Å². The number of rotatable bonds is 6. The van der Waals surface area contributed by atoms with E-state index < -0.39 is 0 Å². The summed E-state index contributed by atoms with van der Waals surface area (Å²) in [5.74, 6) is 2.42. The minimum absolute atomic E-state index is 0.100. The quantitative estimate of drug-likeness (QED) is 0.564. The van der Waals surface area contributed by atoms with Crippen LogP contribution in [0.1, 0.15) is 24.2 Å². The maximum absolute atomic E-state index is 5.86. The molecule has 0 saturated carbocycles. The van der Waals surface area contributed by atoms with E-state index in [4.69, 9.17) is 26.4 Å². The van der Waals surface area contributed by atoms with Crippen LogP contribution < -0.4 is 19.5 Å². The molecule has 0 amide bonds. The Labute approximate surface area is 188 Å². The van der Waals surface area contributed by atoms with Gasteiger partial charge in [-0.25, -0.2) is 0 Å². The van der Waals surface area contributed by atoms with Gasteiger partial charge in [0.05, 0.1) is 20.8 Å². The van der Waals surface area contributed by atoms with Crippen LogP contribution in [-0.4, -0.2) is 42.0 Å². The highest BCUT2D eigenvalue weighted by Crippen LogP contribution is 2.39. The molecule has 0 aliphatic carbocycles. The zero-order valence-electron chi connectivity index (χ0n) is 18.0. The summed E-state index contributed by atoms with van der Waals surface area (Å²) in [5.41, 5.74) is 3.09. The molecule has 1 aliphatic heterocycles. The molecule has 1 atom stereocenters. The molecule has 3 aromatic rings. The Hall–Kier alpha value is -3.19. The van der Waals surface area contributed by atoms with Gasteiger partial charge in [0.1, 0.15) is 23.3 Å². The molecule has 1 aliphatic rings. The number of aromatic nitrogens is 1. The van der Waals surface area contributed by atoms with Crippen molar-refractivity contribution >= 4 is 23.0 Å². The minimum atomic E-state index is -0.100. The average molecular weight is 438 g/mol. The van der Waals surface area contributed by atoms with Crippen molar-refractivity contribution < 1.29 is 14.2 Å². The van der Waals surface area contributed by atoms with Crippen LogP contribution in [0, 0.1) is 0 Å². The van der Waals surface area contributed by atoms with E-state index in [1.165, 1.54) is 0 Å². The Balaban J connectivity index is 1.67. The molecule has 1 N–H and O–H groups in total. The summed E-state index contributed by atoms with van der Waals surface area (Å²) in [7, 11) is 3.36. The number of hydrogen-bond acceptors (Lipinski definition) is 4. The second-order valence-electron chi connectivity index (χ2n) is 7.22. The molecule has 1 unspecified atom stereocenters. The van der Waals surface area contributed by atoms with Crippen molar-refractivity contribution in [3.05, 3.63) is 72.1 Å². The van der Waals surface area contributed by atoms with E-state index in [1.54, 1.807) is 14.2 Å². The largest absolute Gasteiger partial charge is 0.497 e. The number of ether oxygens (including phenoxy) is 3. The summed E-state index contributed by atoms with van der Waals surface area (Å²) in [6, 6.07) is 17.8. The first-order valence-corrected chi connectivity index (χ1v) is 10.7. The van der Waals surface area contributed by atoms with Gasteiger partial charge in [-0.1, -0.05) is 0 Å². The molecule has 162 valence electrons. The number of benzene rings is 2. The van der Waals surface area contributed by atoms with E-state index in [1.807, 2.05) is 49.4 Å². The van der Waals surface area contributed by atoms with Gasteiger partial charge in [-0.15, -0.1) is 0 Å². The third kappa shape index (κ3) is 4.32. The molecule has 7 heteroatoms. The monoisotopic (exact) mass is 437 g/mol. The van der Waals surface area contributed by atoms with Gasteiger partial charge < -0.3 is 29.0 Å². The number of thiocarbonyl (C=S) groups is 1. The van der Waals surface area contributed by atoms with Crippen LogP contribution in [0.5, 0.6) is 17.2 Å². The summed E-state index contributed by atoms with van der Waals surface area (Å²) in [6.45, 7) is 4.24. The molecule has 31 heavy (non-hydrogen) atoms. The number of fused-ring (bicyclic) bond motifs is 1. The maximum atomic E-state index is 5.86. The fraction of sp³-hybridized carbons (Fsp3) is 0.292. The van der Waals surface area contributed by atoms with Crippen LogP contribution in [0.4, 0.5) is 5.69 Å². The lowest BCUT2D eigenvalue weighted by molar-refractivity contribution is 0.284. The highest BCUT2D eigenvalue weighted by Gasteiger charge is 2.33. The molecule has 0 bridgehead atoms. The third-order valence-electron chi connectivity index (χ3n) is 5.45. The third-order valence-corrected chi connectivity index (χ3v) is 5.78. The number of nitrogens with zero attached hydrogens (tertiary/aromatic N) is 2. The van der Waals surface area contributed by atoms with Crippen molar-refractivity contribution in [3.8, 4) is 17.2 Å². The highest BCUT2D eigenvalue weighted by atomic mass is 32.1. The van der Waals surface area contributed by atoms with Crippen LogP contribution in [0.15, 0.2) is 60.8 Å². The van der Waals surface area contributed by atoms with Gasteiger partial charge in [-0.3, -0.25) is 0 Å². The van der Waals surface area contributed by atoms with E-state index >= 15 is 0 Å². The van der Waals surface area contributed by atoms with E-state index in [2.05, 4.69) is 33.1 Å². The predicted octanol–water partition coefficient (Wildman–Crippen LogP) is 4.71. The number of anilines is 1. The summed E-state index contributed by atoms with van der Waals surface area (Å²) < 4.78 is 19.0. The topological polar surface area (TPSA) is 47.9 Å². The summed E-state index contributed by atoms with van der Waals surface area (Å²) >= 11 is 5.86. The summed E-state index contributed by atoms with van der Waals surface area (Å²) in [6.07, 6.45) is 2.11. The van der Waals surface area contributed by atoms with Gasteiger partial charge in [-0.2, -0.15) is 0 Å². The van der Waals surface area contributed by atoms with Crippen molar-refractivity contribution in [2.75, 3.05) is 32.7 Å². The molecule has 0 radical (unpaired) electrons. The standard InChI is InChI=1S/C24H27N3O3S/c1-4-30-18-9-7-17(8-10-18)25-24(31)27-15-14-26-13-5-6-21(26)23(27)20-16-19(28-2)11-12-22(20)29-3/h5-13,16,23H,4,14-15H2,1-3H3,(H,25,31). The van der Waals surface area contributed by atoms with Gasteiger partial charge in [0.25, 0.3) is 0 Å². The number of nitrogens with one attached hydrogen (secondary N) is 1. The van der Waals surface area contributed by atoms with Gasteiger partial charge in [0, 0.05) is 36.2 Å². The molecule has 2 heterocycles. The summed E-state index contributed by atoms with van der Waals surface area (Å²) in [5, 5.41) is 4.05. The van der Waals surface area contributed by atoms with Crippen molar-refractivity contribution in [3.63, 3.8) is 0 Å². The smallest absolute Gasteiger partial charge is 0.174 e. The second kappa shape index (κ2) is 9.31. The highest BCUT2D eigenvalue weighted by molar-refractivity contribution is 7.80. The van der Waals surface area contributed by atoms with E-state index in [9.17, 15) is 0 Å². The number of hydrogen-bond donors (Lipinski definition) is 1. The lowest BCUT2D eigenvalue weighted by Crippen LogP contribution is -2.44. The van der Waals surface area contributed by atoms with Crippen LogP contribution in [0.2, 0.25) is 0 Å². The fourth-order valence-corrected chi connectivity index (χ4v) is 4.29. The van der Waals surface area contributed by atoms with Gasteiger partial charge in [0.15, 0.2) is 5.11 Å². The first-order chi connectivity index (χ1) is 15.1. The Morgan fingerprint density at radius 2 is 1.81 bits per heavy atom. The second-order valence-corrected chi connectivity index (χ2v) is 7.60. The molecule has 0 saturated heterocycles. The molecular formula is C24H27N3O3S. The van der Waals surface area contributed by atoms with Crippen LogP contribution in [0.3, 0.4) is 0 Å². The van der Waals surface area contributed by atoms with Crippen LogP contribution in [0.25, 0.3) is 0 Å². The predicted molar refractivity (Wildman–Crippen MR) is 126 cm³/mol. The van der Waals surface area contributed by atoms with Crippen molar-refractivity contribution in [1.82, 2.24) is 9.47 Å². The zero-order valence-corrected chi connectivity index (χ0v) is 18.8. The van der Waals surface area contributed by atoms with E-state index in [0.29, 0.717) is 11.7 Å². The number of methoxy groups -OCH3 is 2.